The number of esters is 1. The number of aliphatic hydroxyl groups excluding tert-OH is 2. The van der Waals surface area contributed by atoms with E-state index in [-0.39, 0.29) is 11.4 Å². The van der Waals surface area contributed by atoms with Crippen LogP contribution in [0.3, 0.4) is 0 Å². The molecule has 1 fully saturated rings. The maximum atomic E-state index is 15.5. The molecule has 0 aromatic carbocycles. The fraction of sp³-hybridized carbons (Fsp3) is 0.529. The number of nitrogens with two attached hydrogens (primary N) is 1. The number of halogens is 1. The summed E-state index contributed by atoms with van der Waals surface area (Å²) < 4.78 is 48.8. The summed E-state index contributed by atoms with van der Waals surface area (Å²) in [7, 11) is 0. The van der Waals surface area contributed by atoms with Crippen molar-refractivity contribution in [2.75, 3.05) is 6.56 Å². The normalized spacial score (nSPS) is 36.9. The van der Waals surface area contributed by atoms with Crippen LogP contribution in [-0.2, 0) is 19.1 Å². The lowest BCUT2D eigenvalue weighted by atomic mass is 10.1. The Kier molecular flexibility index (Phi) is 4.74. The Hall–Kier alpha value is -2.45. The quantitative estimate of drug-likeness (QED) is 0.338. The number of hydrogen-bond donors (Lipinski definition) is 4. The van der Waals surface area contributed by atoms with E-state index in [1.54, 1.807) is 0 Å². The molecule has 1 saturated heterocycles. The van der Waals surface area contributed by atoms with Crippen molar-refractivity contribution in [3.05, 3.63) is 24.2 Å². The Labute approximate surface area is 159 Å². The van der Waals surface area contributed by atoms with Gasteiger partial charge in [0.25, 0.3) is 11.8 Å². The van der Waals surface area contributed by atoms with Gasteiger partial charge in [0.1, 0.15) is 29.6 Å². The molecule has 0 bridgehead atoms. The molecule has 0 unspecified atom stereocenters. The predicted molar refractivity (Wildman–Crippen MR) is 90.5 cm³/mol. The van der Waals surface area contributed by atoms with Crippen molar-refractivity contribution in [3.8, 4) is 12.3 Å². The van der Waals surface area contributed by atoms with Crippen LogP contribution < -0.4 is 11.1 Å². The Morgan fingerprint density at radius 1 is 1.74 bits per heavy atom. The van der Waals surface area contributed by atoms with Crippen LogP contribution in [0.5, 0.6) is 0 Å². The number of rotatable bonds is 5. The van der Waals surface area contributed by atoms with Crippen LogP contribution in [-0.4, -0.2) is 63.9 Å². The van der Waals surface area contributed by atoms with Gasteiger partial charge in [0, 0.05) is 6.20 Å². The molecule has 2 heterocycles. The summed E-state index contributed by atoms with van der Waals surface area (Å²) in [5, 5.41) is 22.7. The van der Waals surface area contributed by atoms with Gasteiger partial charge in [0.05, 0.1) is 4.11 Å². The first-order valence-corrected chi connectivity index (χ1v) is 7.84. The van der Waals surface area contributed by atoms with E-state index in [1.165, 1.54) is 13.8 Å². The number of amides is 1. The van der Waals surface area contributed by atoms with Gasteiger partial charge in [-0.15, -0.1) is 6.42 Å². The molecule has 148 valence electrons. The summed E-state index contributed by atoms with van der Waals surface area (Å²) in [5.74, 6) is -4.84. The third kappa shape index (κ3) is 3.96. The third-order valence-corrected chi connectivity index (χ3v) is 3.91. The second kappa shape index (κ2) is 7.66. The van der Waals surface area contributed by atoms with E-state index < -0.39 is 54.7 Å². The van der Waals surface area contributed by atoms with Crippen molar-refractivity contribution >= 4 is 11.9 Å². The summed E-state index contributed by atoms with van der Waals surface area (Å²) in [6, 6.07) is -1.31. The summed E-state index contributed by atoms with van der Waals surface area (Å²) in [4.78, 5) is 24.4. The first-order valence-electron chi connectivity index (χ1n) is 9.34. The predicted octanol–water partition coefficient (Wildman–Crippen LogP) is -1.32. The van der Waals surface area contributed by atoms with Gasteiger partial charge in [0.15, 0.2) is 12.8 Å². The number of ether oxygens (including phenoxy) is 2. The molecule has 0 saturated carbocycles. The topological polar surface area (TPSA) is 134 Å². The summed E-state index contributed by atoms with van der Waals surface area (Å²) in [5.41, 5.74) is 5.22. The lowest BCUT2D eigenvalue weighted by molar-refractivity contribution is -0.219. The summed E-state index contributed by atoms with van der Waals surface area (Å²) in [6.07, 6.45) is -2.03. The molecule has 5 atom stereocenters. The monoisotopic (exact) mass is 386 g/mol. The van der Waals surface area contributed by atoms with Crippen molar-refractivity contribution in [2.24, 2.45) is 11.7 Å². The first kappa shape index (κ1) is 16.7. The maximum Gasteiger partial charge on any atom is 0.323 e. The molecule has 0 spiro atoms. The van der Waals surface area contributed by atoms with Crippen molar-refractivity contribution < 1.29 is 37.8 Å². The maximum absolute atomic E-state index is 15.5. The smallest absolute Gasteiger partial charge is 0.323 e. The molecular weight excluding hydrogens is 361 g/mol. The minimum Gasteiger partial charge on any atom is -0.458 e. The second-order valence-corrected chi connectivity index (χ2v) is 6.23. The SMILES string of the molecule is [2H]C([2H])(OC(=O)[C@@H](N)C(C)C)[C@@]1(F)O[C@@]([2H])(N2C=C(C#C)C(=O)NC2=C)[C@H](O)[C@@H]1O. The molecule has 1 amide bonds. The van der Waals surface area contributed by atoms with Crippen LogP contribution in [0.2, 0.25) is 0 Å². The lowest BCUT2D eigenvalue weighted by Gasteiger charge is -2.33. The van der Waals surface area contributed by atoms with E-state index in [4.69, 9.17) is 21.0 Å². The van der Waals surface area contributed by atoms with Crippen molar-refractivity contribution in [1.29, 1.82) is 0 Å². The van der Waals surface area contributed by atoms with Crippen molar-refractivity contribution in [3.63, 3.8) is 0 Å². The minimum atomic E-state index is -3.90. The zero-order chi connectivity index (χ0) is 23.2. The fourth-order valence-electron chi connectivity index (χ4n) is 2.17. The molecule has 0 radical (unpaired) electrons. The molecule has 2 aliphatic rings. The van der Waals surface area contributed by atoms with Gasteiger partial charge in [-0.3, -0.25) is 9.59 Å². The number of aliphatic hydroxyl groups is 2. The van der Waals surface area contributed by atoms with E-state index in [0.717, 1.165) is 6.20 Å². The highest BCUT2D eigenvalue weighted by Gasteiger charge is 2.58. The number of hydrogen-bond acceptors (Lipinski definition) is 8. The number of nitrogens with one attached hydrogen (secondary N) is 1. The van der Waals surface area contributed by atoms with Crippen LogP contribution in [0.15, 0.2) is 24.2 Å². The average molecular weight is 386 g/mol. The van der Waals surface area contributed by atoms with Gasteiger partial charge in [-0.05, 0) is 5.92 Å². The van der Waals surface area contributed by atoms with Gasteiger partial charge >= 0.3 is 5.97 Å². The van der Waals surface area contributed by atoms with Gasteiger partial charge in [-0.2, -0.15) is 0 Å². The molecule has 5 N–H and O–H groups in total. The van der Waals surface area contributed by atoms with E-state index in [9.17, 15) is 19.8 Å². The summed E-state index contributed by atoms with van der Waals surface area (Å²) in [6.45, 7) is 2.85. The Bertz CT molecular complexity index is 847. The molecule has 2 aliphatic heterocycles. The molecule has 0 aliphatic carbocycles. The number of terminal acetylenes is 1. The second-order valence-electron chi connectivity index (χ2n) is 6.23. The molecule has 27 heavy (non-hydrogen) atoms. The van der Waals surface area contributed by atoms with Crippen molar-refractivity contribution in [1.82, 2.24) is 10.2 Å². The molecule has 0 aromatic heterocycles. The van der Waals surface area contributed by atoms with Crippen LogP contribution in [0, 0.1) is 18.3 Å². The fourth-order valence-corrected chi connectivity index (χ4v) is 2.17. The highest BCUT2D eigenvalue weighted by atomic mass is 19.2. The highest BCUT2D eigenvalue weighted by molar-refractivity contribution is 5.99. The van der Waals surface area contributed by atoms with Gasteiger partial charge < -0.3 is 35.6 Å². The van der Waals surface area contributed by atoms with Gasteiger partial charge in [-0.1, -0.05) is 26.3 Å². The van der Waals surface area contributed by atoms with E-state index >= 15 is 4.39 Å². The van der Waals surface area contributed by atoms with Crippen LogP contribution in [0.25, 0.3) is 0 Å². The Morgan fingerprint density at radius 3 is 2.93 bits per heavy atom. The van der Waals surface area contributed by atoms with E-state index in [1.807, 2.05) is 5.92 Å². The zero-order valence-corrected chi connectivity index (χ0v) is 14.6. The summed E-state index contributed by atoms with van der Waals surface area (Å²) >= 11 is 0. The van der Waals surface area contributed by atoms with E-state index in [0.29, 0.717) is 4.90 Å². The van der Waals surface area contributed by atoms with Crippen molar-refractivity contribution in [2.45, 2.75) is 44.2 Å². The highest BCUT2D eigenvalue weighted by Crippen LogP contribution is 2.36. The lowest BCUT2D eigenvalue weighted by Crippen LogP contribution is -2.47. The largest absolute Gasteiger partial charge is 0.458 e. The molecule has 0 aromatic rings. The Balaban J connectivity index is 2.42. The van der Waals surface area contributed by atoms with E-state index in [2.05, 4.69) is 16.6 Å². The van der Waals surface area contributed by atoms with Gasteiger partial charge in [0.2, 0.25) is 0 Å². The number of carbonyl (C=O) groups excluding carboxylic acids is 2. The van der Waals surface area contributed by atoms with Crippen LogP contribution >= 0.6 is 0 Å². The standard InChI is InChI=1S/C17H22FN3O6/c1-5-10-6-21(9(4)20-14(10)24)15-12(22)13(23)17(18,27-15)7-26-16(25)11(19)8(2)3/h1,6,8,11-13,15,22-23H,4,7,19H2,2-3H3,(H,20,24)/t11-,12+,13-,15+,17+/m0/s1/i7D2,15D. The van der Waals surface area contributed by atoms with Crippen LogP contribution in [0.1, 0.15) is 18.0 Å². The Morgan fingerprint density at radius 2 is 2.37 bits per heavy atom. The number of nitrogens with zero attached hydrogens (tertiary/aromatic N) is 1. The minimum absolute atomic E-state index is 0.340. The number of alkyl halides is 1. The number of carbonyl (C=O) groups is 2. The molecule has 2 rings (SSSR count). The zero-order valence-electron chi connectivity index (χ0n) is 17.6. The molecule has 10 heteroatoms. The van der Waals surface area contributed by atoms with Gasteiger partial charge in [-0.25, -0.2) is 4.39 Å². The first-order chi connectivity index (χ1) is 13.6. The average Bonchev–Trinajstić information content (AvgIpc) is 2.82. The molecule has 9 nitrogen and oxygen atoms in total. The third-order valence-electron chi connectivity index (χ3n) is 3.91. The molecular formula is C17H22FN3O6. The van der Waals surface area contributed by atoms with Crippen LogP contribution in [0.4, 0.5) is 4.39 Å².